The van der Waals surface area contributed by atoms with Crippen molar-refractivity contribution < 1.29 is 22.5 Å². The lowest BCUT2D eigenvalue weighted by Crippen LogP contribution is -2.67. The van der Waals surface area contributed by atoms with Gasteiger partial charge in [0.15, 0.2) is 6.23 Å². The number of likely N-dealkylation sites (tertiary alicyclic amines) is 1. The molecule has 0 aromatic rings. The van der Waals surface area contributed by atoms with Crippen LogP contribution < -0.4 is 0 Å². The van der Waals surface area contributed by atoms with Gasteiger partial charge in [-0.3, -0.25) is 4.90 Å². The topological polar surface area (TPSA) is 83.9 Å². The van der Waals surface area contributed by atoms with Crippen LogP contribution in [-0.2, 0) is 14.3 Å². The summed E-state index contributed by atoms with van der Waals surface area (Å²) in [6, 6.07) is 0. The Morgan fingerprint density at radius 1 is 1.35 bits per heavy atom. The molecule has 17 heavy (non-hydrogen) atoms. The zero-order valence-corrected chi connectivity index (χ0v) is 10.6. The van der Waals surface area contributed by atoms with E-state index in [1.165, 1.54) is 0 Å². The summed E-state index contributed by atoms with van der Waals surface area (Å²) in [4.78, 5) is 12.0. The predicted octanol–water partition coefficient (Wildman–Crippen LogP) is 1.23. The molecule has 2 rings (SSSR count). The first-order valence-corrected chi connectivity index (χ1v) is 7.54. The lowest BCUT2D eigenvalue weighted by Gasteiger charge is -2.56. The van der Waals surface area contributed by atoms with Crippen molar-refractivity contribution >= 4 is 16.2 Å². The van der Waals surface area contributed by atoms with Gasteiger partial charge in [0.05, 0.1) is 6.26 Å². The molecule has 1 N–H and O–H groups in total. The first-order chi connectivity index (χ1) is 7.84. The summed E-state index contributed by atoms with van der Waals surface area (Å²) in [5, 5.41) is 8.97. The van der Waals surface area contributed by atoms with E-state index < -0.39 is 22.4 Å². The Bertz CT molecular complexity index is 412. The Morgan fingerprint density at radius 2 is 1.94 bits per heavy atom. The lowest BCUT2D eigenvalue weighted by molar-refractivity contribution is -0.169. The number of carbonyl (C=O) groups is 1. The van der Waals surface area contributed by atoms with Gasteiger partial charge >= 0.3 is 6.09 Å². The Hall–Kier alpha value is -0.820. The van der Waals surface area contributed by atoms with E-state index in [9.17, 15) is 13.2 Å². The summed E-state index contributed by atoms with van der Waals surface area (Å²) >= 11 is 0. The molecular formula is C10H17NO5S. The summed E-state index contributed by atoms with van der Waals surface area (Å²) < 4.78 is 27.3. The first-order valence-electron chi connectivity index (χ1n) is 5.72. The maximum atomic E-state index is 11.2. The summed E-state index contributed by atoms with van der Waals surface area (Å²) in [6.07, 6.45) is 3.86. The molecule has 1 atom stereocenters. The van der Waals surface area contributed by atoms with E-state index in [1.807, 2.05) is 0 Å². The van der Waals surface area contributed by atoms with Crippen molar-refractivity contribution in [2.75, 3.05) is 12.8 Å². The molecule has 1 aliphatic carbocycles. The monoisotopic (exact) mass is 263 g/mol. The van der Waals surface area contributed by atoms with Gasteiger partial charge in [-0.05, 0) is 12.8 Å². The standard InChI is InChI=1S/C10H17NO5S/c1-17(14,15)16-8-10(5-3-2-4-6-10)7-11(8)9(12)13/h8H,2-7H2,1H3,(H,12,13). The van der Waals surface area contributed by atoms with Gasteiger partial charge in [-0.1, -0.05) is 19.3 Å². The van der Waals surface area contributed by atoms with Crippen LogP contribution in [0.5, 0.6) is 0 Å². The molecule has 0 aromatic carbocycles. The van der Waals surface area contributed by atoms with Crippen molar-refractivity contribution in [1.82, 2.24) is 4.90 Å². The Morgan fingerprint density at radius 3 is 2.41 bits per heavy atom. The summed E-state index contributed by atoms with van der Waals surface area (Å²) in [6.45, 7) is 0.391. The maximum Gasteiger partial charge on any atom is 0.409 e. The van der Waals surface area contributed by atoms with Gasteiger partial charge in [0, 0.05) is 12.0 Å². The van der Waals surface area contributed by atoms with Crippen LogP contribution in [-0.4, -0.2) is 43.5 Å². The summed E-state index contributed by atoms with van der Waals surface area (Å²) in [5.41, 5.74) is -0.278. The Balaban J connectivity index is 2.16. The highest BCUT2D eigenvalue weighted by Crippen LogP contribution is 2.49. The molecule has 0 bridgehead atoms. The van der Waals surface area contributed by atoms with Crippen LogP contribution in [0.15, 0.2) is 0 Å². The fraction of sp³-hybridized carbons (Fsp3) is 0.900. The number of hydrogen-bond donors (Lipinski definition) is 1. The van der Waals surface area contributed by atoms with Crippen LogP contribution in [0.3, 0.4) is 0 Å². The maximum absolute atomic E-state index is 11.2. The smallest absolute Gasteiger partial charge is 0.409 e. The second-order valence-corrected chi connectivity index (χ2v) is 6.59. The molecule has 1 spiro atoms. The number of carboxylic acid groups (broad SMARTS) is 1. The van der Waals surface area contributed by atoms with Crippen LogP contribution in [0.2, 0.25) is 0 Å². The molecule has 0 aromatic heterocycles. The number of hydrogen-bond acceptors (Lipinski definition) is 4. The average Bonchev–Trinajstić information content (AvgIpc) is 2.23. The van der Waals surface area contributed by atoms with E-state index in [4.69, 9.17) is 9.29 Å². The zero-order valence-electron chi connectivity index (χ0n) is 9.76. The number of amides is 1. The van der Waals surface area contributed by atoms with Crippen LogP contribution in [0.4, 0.5) is 4.79 Å². The molecule has 0 radical (unpaired) electrons. The van der Waals surface area contributed by atoms with Gasteiger partial charge in [0.2, 0.25) is 0 Å². The van der Waals surface area contributed by atoms with Crippen molar-refractivity contribution in [3.63, 3.8) is 0 Å². The Kier molecular flexibility index (Phi) is 3.07. The molecule has 1 saturated carbocycles. The molecule has 2 fully saturated rings. The minimum Gasteiger partial charge on any atom is -0.465 e. The molecule has 1 unspecified atom stereocenters. The molecule has 1 aliphatic heterocycles. The van der Waals surface area contributed by atoms with Crippen LogP contribution in [0.25, 0.3) is 0 Å². The molecule has 98 valence electrons. The predicted molar refractivity (Wildman–Crippen MR) is 60.0 cm³/mol. The largest absolute Gasteiger partial charge is 0.465 e. The van der Waals surface area contributed by atoms with Crippen LogP contribution in [0, 0.1) is 5.41 Å². The lowest BCUT2D eigenvalue weighted by atomic mass is 9.67. The highest BCUT2D eigenvalue weighted by atomic mass is 32.2. The SMILES string of the molecule is CS(=O)(=O)OC1N(C(=O)O)CC12CCCCC2. The van der Waals surface area contributed by atoms with Crippen molar-refractivity contribution in [1.29, 1.82) is 0 Å². The highest BCUT2D eigenvalue weighted by molar-refractivity contribution is 7.86. The van der Waals surface area contributed by atoms with E-state index in [0.717, 1.165) is 43.3 Å². The average molecular weight is 263 g/mol. The third kappa shape index (κ3) is 2.40. The molecule has 1 saturated heterocycles. The highest BCUT2D eigenvalue weighted by Gasteiger charge is 2.57. The van der Waals surface area contributed by atoms with E-state index in [1.54, 1.807) is 0 Å². The van der Waals surface area contributed by atoms with Gasteiger partial charge < -0.3 is 5.11 Å². The van der Waals surface area contributed by atoms with Crippen molar-refractivity contribution in [3.05, 3.63) is 0 Å². The fourth-order valence-corrected chi connectivity index (χ4v) is 3.51. The quantitative estimate of drug-likeness (QED) is 0.757. The van der Waals surface area contributed by atoms with Crippen molar-refractivity contribution in [2.45, 2.75) is 38.3 Å². The van der Waals surface area contributed by atoms with Crippen molar-refractivity contribution in [2.24, 2.45) is 5.41 Å². The molecular weight excluding hydrogens is 246 g/mol. The van der Waals surface area contributed by atoms with E-state index in [0.29, 0.717) is 6.54 Å². The zero-order chi connectivity index (χ0) is 12.7. The molecule has 7 heteroatoms. The van der Waals surface area contributed by atoms with Gasteiger partial charge in [-0.25, -0.2) is 8.98 Å². The normalized spacial score (nSPS) is 27.8. The molecule has 1 amide bonds. The molecule has 6 nitrogen and oxygen atoms in total. The van der Waals surface area contributed by atoms with Crippen LogP contribution >= 0.6 is 0 Å². The minimum absolute atomic E-state index is 0.278. The number of nitrogens with zero attached hydrogens (tertiary/aromatic N) is 1. The van der Waals surface area contributed by atoms with Gasteiger partial charge in [0.25, 0.3) is 10.1 Å². The van der Waals surface area contributed by atoms with E-state index in [2.05, 4.69) is 0 Å². The third-order valence-corrected chi connectivity index (χ3v) is 4.19. The van der Waals surface area contributed by atoms with E-state index in [-0.39, 0.29) is 5.41 Å². The molecule has 1 heterocycles. The van der Waals surface area contributed by atoms with Gasteiger partial charge in [-0.2, -0.15) is 8.42 Å². The fourth-order valence-electron chi connectivity index (χ4n) is 2.87. The number of rotatable bonds is 2. The van der Waals surface area contributed by atoms with Crippen LogP contribution in [0.1, 0.15) is 32.1 Å². The Labute approximate surface area is 101 Å². The summed E-state index contributed by atoms with van der Waals surface area (Å²) in [5.74, 6) is 0. The van der Waals surface area contributed by atoms with Gasteiger partial charge in [-0.15, -0.1) is 0 Å². The minimum atomic E-state index is -3.63. The first kappa shape index (κ1) is 12.6. The third-order valence-electron chi connectivity index (χ3n) is 3.65. The summed E-state index contributed by atoms with van der Waals surface area (Å²) in [7, 11) is -3.63. The second kappa shape index (κ2) is 4.13. The van der Waals surface area contributed by atoms with Gasteiger partial charge in [0.1, 0.15) is 0 Å². The van der Waals surface area contributed by atoms with E-state index >= 15 is 0 Å². The molecule has 2 aliphatic rings. The van der Waals surface area contributed by atoms with Crippen molar-refractivity contribution in [3.8, 4) is 0 Å². The second-order valence-electron chi connectivity index (χ2n) is 4.99.